The Labute approximate surface area is 108 Å². The van der Waals surface area contributed by atoms with Crippen LogP contribution in [-0.4, -0.2) is 20.3 Å². The fourth-order valence-electron chi connectivity index (χ4n) is 1.20. The molecule has 8 heteroatoms. The molecular weight excluding hydrogens is 291 g/mol. The summed E-state index contributed by atoms with van der Waals surface area (Å²) in [4.78, 5) is -0.436. The van der Waals surface area contributed by atoms with Gasteiger partial charge in [-0.2, -0.15) is 13.2 Å². The van der Waals surface area contributed by atoms with Crippen molar-refractivity contribution in [1.29, 1.82) is 0 Å². The molecule has 1 rings (SSSR count). The fourth-order valence-corrected chi connectivity index (χ4v) is 2.66. The minimum absolute atomic E-state index is 0.0260. The first-order valence-electron chi connectivity index (χ1n) is 4.92. The first-order valence-corrected chi connectivity index (χ1v) is 6.94. The highest BCUT2D eigenvalue weighted by Gasteiger charge is 2.31. The molecule has 3 nitrogen and oxygen atoms in total. The van der Waals surface area contributed by atoms with Crippen molar-refractivity contribution < 1.29 is 21.6 Å². The predicted molar refractivity (Wildman–Crippen MR) is 61.9 cm³/mol. The van der Waals surface area contributed by atoms with Gasteiger partial charge in [-0.15, -0.1) is 11.6 Å². The van der Waals surface area contributed by atoms with E-state index in [1.54, 1.807) is 0 Å². The van der Waals surface area contributed by atoms with E-state index in [1.807, 2.05) is 0 Å². The molecule has 0 spiro atoms. The number of hydrogen-bond donors (Lipinski definition) is 1. The van der Waals surface area contributed by atoms with Crippen molar-refractivity contribution in [2.45, 2.75) is 24.0 Å². The van der Waals surface area contributed by atoms with Gasteiger partial charge in [-0.3, -0.25) is 0 Å². The third kappa shape index (κ3) is 3.86. The lowest BCUT2D eigenvalue weighted by Gasteiger charge is -2.13. The van der Waals surface area contributed by atoms with Gasteiger partial charge in [0.15, 0.2) is 0 Å². The van der Waals surface area contributed by atoms with Gasteiger partial charge in [0.2, 0.25) is 10.0 Å². The summed E-state index contributed by atoms with van der Waals surface area (Å²) in [6.45, 7) is 1.51. The van der Waals surface area contributed by atoms with Crippen LogP contribution in [0, 0.1) is 0 Å². The first-order chi connectivity index (χ1) is 8.16. The Morgan fingerprint density at radius 3 is 2.50 bits per heavy atom. The molecule has 1 N–H and O–H groups in total. The van der Waals surface area contributed by atoms with Gasteiger partial charge in [-0.25, -0.2) is 13.1 Å². The molecule has 18 heavy (non-hydrogen) atoms. The summed E-state index contributed by atoms with van der Waals surface area (Å²) in [5.41, 5.74) is -1.01. The summed E-state index contributed by atoms with van der Waals surface area (Å²) < 4.78 is 63.0. The highest BCUT2D eigenvalue weighted by Crippen LogP contribution is 2.30. The van der Waals surface area contributed by atoms with Crippen molar-refractivity contribution in [3.8, 4) is 0 Å². The Balaban J connectivity index is 3.11. The number of halogens is 4. The maximum absolute atomic E-state index is 12.4. The molecular formula is C10H11ClF3NO2S. The molecule has 1 unspecified atom stereocenters. The van der Waals surface area contributed by atoms with Gasteiger partial charge in [0.05, 0.1) is 10.5 Å². The van der Waals surface area contributed by atoms with Crippen LogP contribution in [0.4, 0.5) is 13.2 Å². The lowest BCUT2D eigenvalue weighted by atomic mass is 10.2. The van der Waals surface area contributed by atoms with Crippen molar-refractivity contribution in [2.75, 3.05) is 5.88 Å². The van der Waals surface area contributed by atoms with Crippen molar-refractivity contribution in [3.05, 3.63) is 29.8 Å². The molecule has 0 amide bonds. The second-order valence-corrected chi connectivity index (χ2v) is 5.72. The van der Waals surface area contributed by atoms with E-state index in [9.17, 15) is 21.6 Å². The SMILES string of the molecule is CC(CCl)NS(=O)(=O)c1cccc(C(F)(F)F)c1. The van der Waals surface area contributed by atoms with E-state index < -0.39 is 32.7 Å². The molecule has 1 aromatic carbocycles. The predicted octanol–water partition coefficient (Wildman–Crippen LogP) is 2.61. The lowest BCUT2D eigenvalue weighted by Crippen LogP contribution is -2.33. The highest BCUT2D eigenvalue weighted by molar-refractivity contribution is 7.89. The summed E-state index contributed by atoms with van der Waals surface area (Å²) >= 11 is 5.44. The van der Waals surface area contributed by atoms with Gasteiger partial charge in [0.25, 0.3) is 0 Å². The van der Waals surface area contributed by atoms with Crippen molar-refractivity contribution in [3.63, 3.8) is 0 Å². The number of sulfonamides is 1. The molecule has 0 aliphatic rings. The van der Waals surface area contributed by atoms with E-state index in [1.165, 1.54) is 6.92 Å². The van der Waals surface area contributed by atoms with Crippen molar-refractivity contribution in [1.82, 2.24) is 4.72 Å². The number of alkyl halides is 4. The largest absolute Gasteiger partial charge is 0.416 e. The zero-order chi connectivity index (χ0) is 14.0. The van der Waals surface area contributed by atoms with Crippen LogP contribution in [0.25, 0.3) is 0 Å². The van der Waals surface area contributed by atoms with E-state index in [0.29, 0.717) is 6.07 Å². The van der Waals surface area contributed by atoms with Crippen LogP contribution in [0.1, 0.15) is 12.5 Å². The molecule has 0 fully saturated rings. The topological polar surface area (TPSA) is 46.2 Å². The maximum atomic E-state index is 12.4. The standard InChI is InChI=1S/C10H11ClF3NO2S/c1-7(6-11)15-18(16,17)9-4-2-3-8(5-9)10(12,13)14/h2-5,7,15H,6H2,1H3. The van der Waals surface area contributed by atoms with E-state index in [2.05, 4.69) is 4.72 Å². The van der Waals surface area contributed by atoms with E-state index in [0.717, 1.165) is 18.2 Å². The smallest absolute Gasteiger partial charge is 0.207 e. The van der Waals surface area contributed by atoms with E-state index in [4.69, 9.17) is 11.6 Å². The fraction of sp³-hybridized carbons (Fsp3) is 0.400. The molecule has 0 aliphatic heterocycles. The maximum Gasteiger partial charge on any atom is 0.416 e. The van der Waals surface area contributed by atoms with Gasteiger partial charge >= 0.3 is 6.18 Å². The van der Waals surface area contributed by atoms with Crippen molar-refractivity contribution >= 4 is 21.6 Å². The van der Waals surface area contributed by atoms with Crippen LogP contribution in [0.15, 0.2) is 29.2 Å². The van der Waals surface area contributed by atoms with Gasteiger partial charge < -0.3 is 0 Å². The summed E-state index contributed by atoms with van der Waals surface area (Å²) in [5.74, 6) is 0.0260. The third-order valence-electron chi connectivity index (χ3n) is 2.06. The number of rotatable bonds is 4. The Bertz CT molecular complexity index is 516. The molecule has 1 aromatic rings. The van der Waals surface area contributed by atoms with Crippen LogP contribution in [0.5, 0.6) is 0 Å². The molecule has 1 atom stereocenters. The van der Waals surface area contributed by atoms with Gasteiger partial charge in [0.1, 0.15) is 0 Å². The molecule has 0 aromatic heterocycles. The zero-order valence-corrected chi connectivity index (χ0v) is 10.9. The van der Waals surface area contributed by atoms with Gasteiger partial charge in [0, 0.05) is 11.9 Å². The van der Waals surface area contributed by atoms with Crippen LogP contribution in [0.3, 0.4) is 0 Å². The lowest BCUT2D eigenvalue weighted by molar-refractivity contribution is -0.137. The monoisotopic (exact) mass is 301 g/mol. The molecule has 102 valence electrons. The number of nitrogens with one attached hydrogen (secondary N) is 1. The quantitative estimate of drug-likeness (QED) is 0.869. The molecule has 0 saturated carbocycles. The average Bonchev–Trinajstić information content (AvgIpc) is 2.27. The normalized spacial score (nSPS) is 14.5. The Morgan fingerprint density at radius 1 is 1.39 bits per heavy atom. The van der Waals surface area contributed by atoms with Crippen molar-refractivity contribution in [2.24, 2.45) is 0 Å². The Kier molecular flexibility index (Phi) is 4.63. The highest BCUT2D eigenvalue weighted by atomic mass is 35.5. The van der Waals surface area contributed by atoms with Gasteiger partial charge in [-0.1, -0.05) is 6.07 Å². The minimum Gasteiger partial charge on any atom is -0.207 e. The summed E-state index contributed by atoms with van der Waals surface area (Å²) in [6.07, 6.45) is -4.58. The van der Waals surface area contributed by atoms with Crippen LogP contribution >= 0.6 is 11.6 Å². The van der Waals surface area contributed by atoms with Gasteiger partial charge in [-0.05, 0) is 25.1 Å². The van der Waals surface area contributed by atoms with Crippen LogP contribution in [-0.2, 0) is 16.2 Å². The van der Waals surface area contributed by atoms with E-state index >= 15 is 0 Å². The Morgan fingerprint density at radius 2 is 2.00 bits per heavy atom. The molecule has 0 heterocycles. The number of hydrogen-bond acceptors (Lipinski definition) is 2. The third-order valence-corrected chi connectivity index (χ3v) is 4.11. The molecule has 0 aliphatic carbocycles. The Hall–Kier alpha value is -0.790. The summed E-state index contributed by atoms with van der Waals surface area (Å²) in [6, 6.07) is 2.97. The van der Waals surface area contributed by atoms with E-state index in [-0.39, 0.29) is 5.88 Å². The first kappa shape index (κ1) is 15.3. The number of benzene rings is 1. The minimum atomic E-state index is -4.58. The van der Waals surface area contributed by atoms with Crippen LogP contribution in [0.2, 0.25) is 0 Å². The molecule has 0 bridgehead atoms. The summed E-state index contributed by atoms with van der Waals surface area (Å²) in [7, 11) is -3.99. The average molecular weight is 302 g/mol. The molecule has 0 saturated heterocycles. The van der Waals surface area contributed by atoms with Crippen LogP contribution < -0.4 is 4.72 Å². The summed E-state index contributed by atoms with van der Waals surface area (Å²) in [5, 5.41) is 0. The second kappa shape index (κ2) is 5.46. The molecule has 0 radical (unpaired) electrons. The zero-order valence-electron chi connectivity index (χ0n) is 9.33. The second-order valence-electron chi connectivity index (χ2n) is 3.70.